The molecule has 40 heavy (non-hydrogen) atoms. The Balaban J connectivity index is 0.00000370. The molecule has 0 fully saturated rings. The molecule has 1 atom stereocenters. The third-order valence-electron chi connectivity index (χ3n) is 6.60. The number of hydrogen-bond donors (Lipinski definition) is 3. The molecule has 1 aliphatic rings. The van der Waals surface area contributed by atoms with Crippen molar-refractivity contribution in [2.24, 2.45) is 0 Å². The van der Waals surface area contributed by atoms with E-state index < -0.39 is 16.0 Å². The number of sulfonamides is 1. The third kappa shape index (κ3) is 6.41. The van der Waals surface area contributed by atoms with Gasteiger partial charge in [-0.3, -0.25) is 0 Å². The zero-order valence-electron chi connectivity index (χ0n) is 21.9. The Hall–Kier alpha value is -3.99. The highest BCUT2D eigenvalue weighted by molar-refractivity contribution is 7.92. The second-order valence-corrected chi connectivity index (χ2v) is 11.1. The summed E-state index contributed by atoms with van der Waals surface area (Å²) in [5.41, 5.74) is 5.53. The lowest BCUT2D eigenvalue weighted by atomic mass is 10.00. The van der Waals surface area contributed by atoms with Crippen LogP contribution in [0.1, 0.15) is 32.6 Å². The normalized spacial score (nSPS) is 14.8. The van der Waals surface area contributed by atoms with Crippen molar-refractivity contribution in [3.8, 4) is 17.1 Å². The summed E-state index contributed by atoms with van der Waals surface area (Å²) in [7, 11) is -4.19. The van der Waals surface area contributed by atoms with Crippen LogP contribution in [0.2, 0.25) is 0 Å². The van der Waals surface area contributed by atoms with E-state index >= 15 is 0 Å². The van der Waals surface area contributed by atoms with E-state index in [1.807, 2.05) is 44.2 Å². The van der Waals surface area contributed by atoms with Crippen molar-refractivity contribution < 1.29 is 23.1 Å². The maximum Gasteiger partial charge on any atom is 0.335 e. The number of anilines is 1. The minimum atomic E-state index is -4.19. The van der Waals surface area contributed by atoms with Crippen LogP contribution in [0.5, 0.6) is 5.88 Å². The summed E-state index contributed by atoms with van der Waals surface area (Å²) in [4.78, 5) is 20.1. The quantitative estimate of drug-likeness (QED) is 0.285. The van der Waals surface area contributed by atoms with Crippen LogP contribution in [-0.2, 0) is 23.0 Å². The molecular formula is C29H29ClN4O5S. The van der Waals surface area contributed by atoms with Crippen molar-refractivity contribution in [1.82, 2.24) is 15.3 Å². The first-order chi connectivity index (χ1) is 18.7. The van der Waals surface area contributed by atoms with Crippen LogP contribution in [0, 0.1) is 13.8 Å². The van der Waals surface area contributed by atoms with Gasteiger partial charge in [0.25, 0.3) is 10.0 Å². The molecule has 3 N–H and O–H groups in total. The molecule has 0 aliphatic carbocycles. The number of aromatic nitrogens is 2. The van der Waals surface area contributed by atoms with Gasteiger partial charge in [-0.1, -0.05) is 48.5 Å². The summed E-state index contributed by atoms with van der Waals surface area (Å²) in [5.74, 6) is -1.17. The molecule has 0 bridgehead atoms. The lowest BCUT2D eigenvalue weighted by molar-refractivity contribution is 0.0696. The van der Waals surface area contributed by atoms with Crippen LogP contribution in [-0.4, -0.2) is 42.1 Å². The fourth-order valence-corrected chi connectivity index (χ4v) is 5.71. The van der Waals surface area contributed by atoms with Gasteiger partial charge < -0.3 is 15.2 Å². The van der Waals surface area contributed by atoms with Gasteiger partial charge in [0.05, 0.1) is 16.2 Å². The van der Waals surface area contributed by atoms with Gasteiger partial charge >= 0.3 is 5.97 Å². The average molecular weight is 581 g/mol. The van der Waals surface area contributed by atoms with E-state index in [4.69, 9.17) is 4.74 Å². The Morgan fingerprint density at radius 1 is 0.975 bits per heavy atom. The molecule has 4 aromatic rings. The molecule has 0 saturated heterocycles. The highest BCUT2D eigenvalue weighted by atomic mass is 35.5. The van der Waals surface area contributed by atoms with Crippen LogP contribution < -0.4 is 14.8 Å². The van der Waals surface area contributed by atoms with E-state index in [-0.39, 0.29) is 40.8 Å². The van der Waals surface area contributed by atoms with Gasteiger partial charge in [0.2, 0.25) is 11.8 Å². The second kappa shape index (κ2) is 12.0. The van der Waals surface area contributed by atoms with Crippen molar-refractivity contribution in [1.29, 1.82) is 0 Å². The molecule has 0 amide bonds. The predicted molar refractivity (Wildman–Crippen MR) is 155 cm³/mol. The van der Waals surface area contributed by atoms with Crippen molar-refractivity contribution >= 4 is 34.3 Å². The predicted octanol–water partition coefficient (Wildman–Crippen LogP) is 4.77. The van der Waals surface area contributed by atoms with Gasteiger partial charge in [0.15, 0.2) is 0 Å². The molecule has 11 heteroatoms. The Morgan fingerprint density at radius 3 is 2.40 bits per heavy atom. The van der Waals surface area contributed by atoms with Crippen molar-refractivity contribution in [3.63, 3.8) is 0 Å². The molecule has 1 aromatic heterocycles. The van der Waals surface area contributed by atoms with Gasteiger partial charge in [-0.15, -0.1) is 12.4 Å². The average Bonchev–Trinajstić information content (AvgIpc) is 3.10. The summed E-state index contributed by atoms with van der Waals surface area (Å²) < 4.78 is 35.2. The summed E-state index contributed by atoms with van der Waals surface area (Å²) in [6, 6.07) is 20.8. The van der Waals surface area contributed by atoms with E-state index in [9.17, 15) is 18.3 Å². The highest BCUT2D eigenvalue weighted by Gasteiger charge is 2.22. The summed E-state index contributed by atoms with van der Waals surface area (Å²) >= 11 is 0. The first-order valence-electron chi connectivity index (χ1n) is 12.5. The molecule has 9 nitrogen and oxygen atoms in total. The number of benzene rings is 3. The maximum atomic E-state index is 13.2. The monoisotopic (exact) mass is 580 g/mol. The lowest BCUT2D eigenvalue weighted by Crippen LogP contribution is -2.30. The minimum absolute atomic E-state index is 0. The Kier molecular flexibility index (Phi) is 8.73. The van der Waals surface area contributed by atoms with E-state index in [0.29, 0.717) is 18.7 Å². The number of fused-ring (bicyclic) bond motifs is 1. The number of carboxylic acid groups (broad SMARTS) is 1. The van der Waals surface area contributed by atoms with Gasteiger partial charge in [-0.2, -0.15) is 4.98 Å². The van der Waals surface area contributed by atoms with Gasteiger partial charge in [0.1, 0.15) is 6.10 Å². The fraction of sp³-hybridized carbons (Fsp3) is 0.207. The molecule has 0 spiro atoms. The molecular weight excluding hydrogens is 552 g/mol. The molecule has 2 heterocycles. The van der Waals surface area contributed by atoms with E-state index in [1.165, 1.54) is 29.3 Å². The molecule has 1 unspecified atom stereocenters. The second-order valence-electron chi connectivity index (χ2n) is 9.46. The first kappa shape index (κ1) is 29.0. The lowest BCUT2D eigenvalue weighted by Gasteiger charge is -2.19. The highest BCUT2D eigenvalue weighted by Crippen LogP contribution is 2.30. The maximum absolute atomic E-state index is 13.2. The molecule has 5 rings (SSSR count). The number of carbonyl (C=O) groups is 1. The zero-order chi connectivity index (χ0) is 27.6. The smallest absolute Gasteiger partial charge is 0.335 e. The largest absolute Gasteiger partial charge is 0.478 e. The number of hydrogen-bond acceptors (Lipinski definition) is 7. The fourth-order valence-electron chi connectivity index (χ4n) is 4.72. The Bertz CT molecular complexity index is 1640. The number of carboxylic acids is 1. The number of aromatic carboxylic acids is 1. The summed E-state index contributed by atoms with van der Waals surface area (Å²) in [5, 5.41) is 12.7. The molecule has 0 radical (unpaired) electrons. The zero-order valence-corrected chi connectivity index (χ0v) is 23.6. The Labute approximate surface area is 239 Å². The number of halogens is 1. The molecule has 1 aliphatic heterocycles. The van der Waals surface area contributed by atoms with Crippen LogP contribution in [0.4, 0.5) is 5.95 Å². The summed E-state index contributed by atoms with van der Waals surface area (Å²) in [6.07, 6.45) is 0.417. The number of nitrogens with one attached hydrogen (secondary N) is 2. The van der Waals surface area contributed by atoms with Crippen molar-refractivity contribution in [2.45, 2.75) is 37.8 Å². The molecule has 208 valence electrons. The molecule has 3 aromatic carbocycles. The Morgan fingerprint density at radius 2 is 1.68 bits per heavy atom. The van der Waals surface area contributed by atoms with Crippen molar-refractivity contribution in [2.75, 3.05) is 11.3 Å². The van der Waals surface area contributed by atoms with Crippen LogP contribution in [0.25, 0.3) is 11.3 Å². The topological polar surface area (TPSA) is 131 Å². The van der Waals surface area contributed by atoms with E-state index in [0.717, 1.165) is 29.3 Å². The van der Waals surface area contributed by atoms with Gasteiger partial charge in [-0.05, 0) is 54.3 Å². The third-order valence-corrected chi connectivity index (χ3v) is 7.92. The van der Waals surface area contributed by atoms with Gasteiger partial charge in [0, 0.05) is 31.1 Å². The number of ether oxygens (including phenoxy) is 1. The van der Waals surface area contributed by atoms with Crippen molar-refractivity contribution in [3.05, 3.63) is 101 Å². The number of nitrogens with zero attached hydrogens (tertiary/aromatic N) is 2. The first-order valence-corrected chi connectivity index (χ1v) is 13.9. The SMILES string of the molecule is Cc1cccc(C)c1-c1cc(OC2CNCc3ccccc3C2)nc(NS(=O)(=O)c2cccc(C(=O)O)c2)n1.Cl. The number of rotatable bonds is 7. The van der Waals surface area contributed by atoms with E-state index in [1.54, 1.807) is 6.07 Å². The van der Waals surface area contributed by atoms with E-state index in [2.05, 4.69) is 32.1 Å². The molecule has 0 saturated carbocycles. The summed E-state index contributed by atoms with van der Waals surface area (Å²) in [6.45, 7) is 5.23. The standard InChI is InChI=1S/C29H28N4O5S.ClH/c1-18-7-5-8-19(2)27(18)25-15-26(38-23-13-20-9-3-4-10-22(20)16-30-17-23)32-29(31-25)33-39(36,37)24-12-6-11-21(14-24)28(34)35;/h3-12,14-15,23,30H,13,16-17H2,1-2H3,(H,34,35)(H,31,32,33);1H. The minimum Gasteiger partial charge on any atom is -0.478 e. The van der Waals surface area contributed by atoms with Crippen LogP contribution in [0.15, 0.2) is 77.7 Å². The van der Waals surface area contributed by atoms with Crippen LogP contribution in [0.3, 0.4) is 0 Å². The van der Waals surface area contributed by atoms with Gasteiger partial charge in [-0.25, -0.2) is 22.9 Å². The van der Waals surface area contributed by atoms with Crippen LogP contribution >= 0.6 is 12.4 Å². The number of aryl methyl sites for hydroxylation is 2.